The van der Waals surface area contributed by atoms with E-state index in [4.69, 9.17) is 17.1 Å². The van der Waals surface area contributed by atoms with Crippen molar-refractivity contribution in [2.45, 2.75) is 78.1 Å². The van der Waals surface area contributed by atoms with Crippen LogP contribution >= 0.6 is 12.2 Å². The second kappa shape index (κ2) is 14.6. The number of hydrogen-bond donors (Lipinski definition) is 2. The molecule has 0 unspecified atom stereocenters. The van der Waals surface area contributed by atoms with Gasteiger partial charge in [-0.2, -0.15) is 0 Å². The van der Waals surface area contributed by atoms with Crippen molar-refractivity contribution in [1.82, 2.24) is 0 Å². The third-order valence-electron chi connectivity index (χ3n) is 5.24. The Balaban J connectivity index is 1.90. The standard InChI is InChI=1S/C26H36N2O2S/c1-3-4-5-6-7-8-9-10-14-17-24(23-20-21(2)18-19-25(23)29)28-30-26(31)27-22-15-12-11-13-16-22/h11-13,15-16,18-20,29H,3-10,14,17H2,1-2H3,(H,27,31)/b28-24+. The zero-order valence-corrected chi connectivity index (χ0v) is 19.7. The molecule has 0 saturated heterocycles. The average molecular weight is 441 g/mol. The summed E-state index contributed by atoms with van der Waals surface area (Å²) in [7, 11) is 0. The first kappa shape index (κ1) is 24.9. The molecule has 0 aliphatic heterocycles. The fourth-order valence-electron chi connectivity index (χ4n) is 3.47. The summed E-state index contributed by atoms with van der Waals surface area (Å²) in [5.41, 5.74) is 3.35. The molecule has 168 valence electrons. The Labute approximate surface area is 192 Å². The Morgan fingerprint density at radius 2 is 1.58 bits per heavy atom. The predicted molar refractivity (Wildman–Crippen MR) is 135 cm³/mol. The molecule has 31 heavy (non-hydrogen) atoms. The van der Waals surface area contributed by atoms with Crippen molar-refractivity contribution in [2.75, 3.05) is 5.32 Å². The lowest BCUT2D eigenvalue weighted by Gasteiger charge is -2.11. The molecule has 0 saturated carbocycles. The van der Waals surface area contributed by atoms with Gasteiger partial charge in [0.1, 0.15) is 5.75 Å². The van der Waals surface area contributed by atoms with Crippen molar-refractivity contribution in [3.63, 3.8) is 0 Å². The fraction of sp³-hybridized carbons (Fsp3) is 0.462. The molecule has 4 nitrogen and oxygen atoms in total. The van der Waals surface area contributed by atoms with Gasteiger partial charge in [-0.15, -0.1) is 0 Å². The summed E-state index contributed by atoms with van der Waals surface area (Å²) in [6.07, 6.45) is 12.1. The first-order valence-electron chi connectivity index (χ1n) is 11.5. The average Bonchev–Trinajstić information content (AvgIpc) is 2.77. The van der Waals surface area contributed by atoms with Crippen LogP contribution in [0.1, 0.15) is 82.3 Å². The van der Waals surface area contributed by atoms with Crippen molar-refractivity contribution >= 4 is 28.8 Å². The molecular weight excluding hydrogens is 404 g/mol. The van der Waals surface area contributed by atoms with Gasteiger partial charge in [0, 0.05) is 11.3 Å². The maximum atomic E-state index is 10.4. The summed E-state index contributed by atoms with van der Waals surface area (Å²) in [5.74, 6) is 0.214. The molecule has 0 atom stereocenters. The lowest BCUT2D eigenvalue weighted by atomic mass is 10.00. The first-order valence-corrected chi connectivity index (χ1v) is 11.9. The van der Waals surface area contributed by atoms with E-state index in [2.05, 4.69) is 17.4 Å². The minimum Gasteiger partial charge on any atom is -0.507 e. The van der Waals surface area contributed by atoms with Gasteiger partial charge in [0.15, 0.2) is 0 Å². The van der Waals surface area contributed by atoms with E-state index >= 15 is 0 Å². The number of phenols is 1. The van der Waals surface area contributed by atoms with Crippen LogP contribution in [0.3, 0.4) is 0 Å². The highest BCUT2D eigenvalue weighted by molar-refractivity contribution is 7.80. The van der Waals surface area contributed by atoms with Crippen LogP contribution in [0.25, 0.3) is 0 Å². The predicted octanol–water partition coefficient (Wildman–Crippen LogP) is 7.74. The van der Waals surface area contributed by atoms with Crippen LogP contribution in [0.5, 0.6) is 5.75 Å². The highest BCUT2D eigenvalue weighted by Gasteiger charge is 2.11. The van der Waals surface area contributed by atoms with E-state index in [-0.39, 0.29) is 10.9 Å². The minimum absolute atomic E-state index is 0.183. The fourth-order valence-corrected chi connectivity index (χ4v) is 3.63. The Morgan fingerprint density at radius 1 is 0.935 bits per heavy atom. The number of rotatable bonds is 13. The van der Waals surface area contributed by atoms with Crippen molar-refractivity contribution in [1.29, 1.82) is 0 Å². The molecule has 0 bridgehead atoms. The third kappa shape index (κ3) is 9.97. The Kier molecular flexibility index (Phi) is 11.7. The van der Waals surface area contributed by atoms with Crippen LogP contribution in [0.4, 0.5) is 5.69 Å². The van der Waals surface area contributed by atoms with Gasteiger partial charge in [0.25, 0.3) is 5.17 Å². The van der Waals surface area contributed by atoms with Crippen LogP contribution in [0.15, 0.2) is 53.7 Å². The van der Waals surface area contributed by atoms with Gasteiger partial charge in [-0.25, -0.2) is 0 Å². The molecule has 0 spiro atoms. The zero-order chi connectivity index (χ0) is 22.3. The number of anilines is 1. The number of oxime groups is 1. The van der Waals surface area contributed by atoms with E-state index in [1.165, 1.54) is 44.9 Å². The van der Waals surface area contributed by atoms with Crippen molar-refractivity contribution < 1.29 is 9.94 Å². The Morgan fingerprint density at radius 3 is 2.26 bits per heavy atom. The van der Waals surface area contributed by atoms with Gasteiger partial charge in [-0.1, -0.05) is 93.3 Å². The topological polar surface area (TPSA) is 53.8 Å². The number of thiocarbonyl (C=S) groups is 1. The highest BCUT2D eigenvalue weighted by atomic mass is 32.1. The summed E-state index contributed by atoms with van der Waals surface area (Å²) in [4.78, 5) is 5.49. The zero-order valence-electron chi connectivity index (χ0n) is 18.9. The van der Waals surface area contributed by atoms with Crippen LogP contribution < -0.4 is 5.32 Å². The van der Waals surface area contributed by atoms with Crippen LogP contribution in [-0.4, -0.2) is 16.0 Å². The van der Waals surface area contributed by atoms with Gasteiger partial charge < -0.3 is 15.3 Å². The van der Waals surface area contributed by atoms with Gasteiger partial charge in [0.05, 0.1) is 5.71 Å². The highest BCUT2D eigenvalue weighted by Crippen LogP contribution is 2.22. The molecule has 0 heterocycles. The molecule has 2 aromatic rings. The van der Waals surface area contributed by atoms with Crippen molar-refractivity contribution in [2.24, 2.45) is 5.16 Å². The SMILES string of the molecule is CCCCCCCCCCC/C(=N\OC(=S)Nc1ccccc1)c1cc(C)ccc1O. The molecule has 0 aliphatic carbocycles. The Hall–Kier alpha value is -2.40. The molecule has 0 amide bonds. The van der Waals surface area contributed by atoms with E-state index in [1.807, 2.05) is 49.4 Å². The summed E-state index contributed by atoms with van der Waals surface area (Å²) in [6, 6.07) is 15.1. The smallest absolute Gasteiger partial charge is 0.293 e. The van der Waals surface area contributed by atoms with Crippen LogP contribution in [-0.2, 0) is 4.84 Å². The first-order chi connectivity index (χ1) is 15.1. The number of aromatic hydroxyl groups is 1. The molecule has 2 N–H and O–H groups in total. The molecule has 2 rings (SSSR count). The second-order valence-corrected chi connectivity index (χ2v) is 8.38. The van der Waals surface area contributed by atoms with E-state index in [0.717, 1.165) is 36.2 Å². The van der Waals surface area contributed by atoms with Gasteiger partial charge in [-0.05, 0) is 56.2 Å². The molecule has 0 radical (unpaired) electrons. The van der Waals surface area contributed by atoms with E-state index in [1.54, 1.807) is 6.07 Å². The number of nitrogens with zero attached hydrogens (tertiary/aromatic N) is 1. The largest absolute Gasteiger partial charge is 0.507 e. The molecular formula is C26H36N2O2S. The molecule has 0 aromatic heterocycles. The normalized spacial score (nSPS) is 11.4. The summed E-state index contributed by atoms with van der Waals surface area (Å²) < 4.78 is 0. The van der Waals surface area contributed by atoms with Gasteiger partial charge in [-0.3, -0.25) is 0 Å². The number of hydrogen-bond acceptors (Lipinski definition) is 4. The van der Waals surface area contributed by atoms with Crippen molar-refractivity contribution in [3.8, 4) is 5.75 Å². The quantitative estimate of drug-likeness (QED) is 0.145. The maximum absolute atomic E-state index is 10.4. The third-order valence-corrected chi connectivity index (χ3v) is 5.42. The summed E-state index contributed by atoms with van der Waals surface area (Å²) >= 11 is 5.27. The molecule has 2 aromatic carbocycles. The number of unbranched alkanes of at least 4 members (excludes halogenated alkanes) is 8. The number of benzene rings is 2. The van der Waals surface area contributed by atoms with Gasteiger partial charge in [0.2, 0.25) is 0 Å². The number of para-hydroxylation sites is 1. The lowest BCUT2D eigenvalue weighted by Crippen LogP contribution is -2.12. The number of phenolic OH excluding ortho intramolecular Hbond substituents is 1. The van der Waals surface area contributed by atoms with Gasteiger partial charge >= 0.3 is 0 Å². The summed E-state index contributed by atoms with van der Waals surface area (Å²) in [5, 5.41) is 17.9. The van der Waals surface area contributed by atoms with Crippen LogP contribution in [0, 0.1) is 6.92 Å². The second-order valence-electron chi connectivity index (χ2n) is 8.01. The van der Waals surface area contributed by atoms with E-state index in [0.29, 0.717) is 5.56 Å². The molecule has 0 fully saturated rings. The summed E-state index contributed by atoms with van der Waals surface area (Å²) in [6.45, 7) is 4.25. The molecule has 5 heteroatoms. The number of aryl methyl sites for hydroxylation is 1. The van der Waals surface area contributed by atoms with Crippen molar-refractivity contribution in [3.05, 3.63) is 59.7 Å². The lowest BCUT2D eigenvalue weighted by molar-refractivity contribution is 0.334. The Bertz CT molecular complexity index is 821. The molecule has 0 aliphatic rings. The maximum Gasteiger partial charge on any atom is 0.293 e. The number of nitrogens with one attached hydrogen (secondary N) is 1. The van der Waals surface area contributed by atoms with E-state index < -0.39 is 0 Å². The van der Waals surface area contributed by atoms with E-state index in [9.17, 15) is 5.11 Å². The monoisotopic (exact) mass is 440 g/mol. The minimum atomic E-state index is 0.183. The van der Waals surface area contributed by atoms with Crippen LogP contribution in [0.2, 0.25) is 0 Å².